The van der Waals surface area contributed by atoms with Gasteiger partial charge in [0.15, 0.2) is 0 Å². The second kappa shape index (κ2) is 4.33. The van der Waals surface area contributed by atoms with Crippen molar-refractivity contribution >= 4 is 17.0 Å². The summed E-state index contributed by atoms with van der Waals surface area (Å²) in [6.45, 7) is 5.14. The highest BCUT2D eigenvalue weighted by molar-refractivity contribution is 8.14. The minimum atomic E-state index is 0.365. The van der Waals surface area contributed by atoms with E-state index in [0.717, 1.165) is 24.9 Å². The predicted octanol–water partition coefficient (Wildman–Crippen LogP) is 1.25. The minimum absolute atomic E-state index is 0.365. The van der Waals surface area contributed by atoms with Crippen LogP contribution < -0.4 is 5.32 Å². The topological polar surface area (TPSA) is 33.6 Å². The molecule has 1 atom stereocenters. The third-order valence-electron chi connectivity index (χ3n) is 2.33. The molecule has 2 rings (SSSR count). The Morgan fingerprint density at radius 2 is 2.23 bits per heavy atom. The molecule has 74 valence electrons. The second-order valence-corrected chi connectivity index (χ2v) is 4.87. The molecule has 0 saturated carbocycles. The first-order valence-corrected chi connectivity index (χ1v) is 5.80. The highest BCUT2D eigenvalue weighted by atomic mass is 32.2. The molecule has 0 bridgehead atoms. The van der Waals surface area contributed by atoms with Crippen molar-refractivity contribution in [3.8, 4) is 0 Å². The van der Waals surface area contributed by atoms with Crippen molar-refractivity contribution in [2.24, 2.45) is 4.99 Å². The van der Waals surface area contributed by atoms with Crippen molar-refractivity contribution in [2.75, 3.05) is 19.7 Å². The lowest BCUT2D eigenvalue weighted by Crippen LogP contribution is -2.29. The molecule has 1 saturated heterocycles. The molecule has 1 N–H and O–H groups in total. The van der Waals surface area contributed by atoms with E-state index in [2.05, 4.69) is 17.2 Å². The zero-order valence-corrected chi connectivity index (χ0v) is 8.77. The van der Waals surface area contributed by atoms with Gasteiger partial charge in [-0.05, 0) is 32.9 Å². The third kappa shape index (κ3) is 2.61. The smallest absolute Gasteiger partial charge is 0.246 e. The van der Waals surface area contributed by atoms with Gasteiger partial charge in [0.1, 0.15) is 6.61 Å². The van der Waals surface area contributed by atoms with Crippen molar-refractivity contribution < 1.29 is 4.74 Å². The lowest BCUT2D eigenvalue weighted by molar-refractivity contribution is 0.330. The van der Waals surface area contributed by atoms with Crippen LogP contribution in [0.25, 0.3) is 0 Å². The third-order valence-corrected chi connectivity index (χ3v) is 3.56. The molecule has 0 spiro atoms. The zero-order chi connectivity index (χ0) is 9.10. The fourth-order valence-electron chi connectivity index (χ4n) is 1.57. The number of rotatable bonds is 1. The Hall–Kier alpha value is -0.220. The normalized spacial score (nSPS) is 29.9. The predicted molar refractivity (Wildman–Crippen MR) is 56.3 cm³/mol. The number of aliphatic imine (C=N–C) groups is 1. The van der Waals surface area contributed by atoms with E-state index in [0.29, 0.717) is 11.3 Å². The molecule has 3 nitrogen and oxygen atoms in total. The first-order valence-electron chi connectivity index (χ1n) is 4.92. The van der Waals surface area contributed by atoms with Crippen LogP contribution in [0.15, 0.2) is 4.99 Å². The maximum atomic E-state index is 5.46. The summed E-state index contributed by atoms with van der Waals surface area (Å²) in [5.74, 6) is 0. The van der Waals surface area contributed by atoms with Crippen LogP contribution in [0, 0.1) is 0 Å². The molecule has 0 radical (unpaired) electrons. The van der Waals surface area contributed by atoms with Crippen LogP contribution in [0.2, 0.25) is 0 Å². The fraction of sp³-hybridized carbons (Fsp3) is 0.889. The van der Waals surface area contributed by atoms with E-state index in [-0.39, 0.29) is 0 Å². The Balaban J connectivity index is 1.80. The van der Waals surface area contributed by atoms with Crippen molar-refractivity contribution in [1.29, 1.82) is 0 Å². The van der Waals surface area contributed by atoms with Crippen LogP contribution in [-0.2, 0) is 4.74 Å². The van der Waals surface area contributed by atoms with Gasteiger partial charge in [-0.3, -0.25) is 0 Å². The van der Waals surface area contributed by atoms with Gasteiger partial charge in [-0.1, -0.05) is 11.8 Å². The van der Waals surface area contributed by atoms with E-state index in [9.17, 15) is 0 Å². The molecule has 0 aromatic carbocycles. The molecular weight excluding hydrogens is 184 g/mol. The van der Waals surface area contributed by atoms with Gasteiger partial charge in [-0.15, -0.1) is 0 Å². The van der Waals surface area contributed by atoms with Crippen LogP contribution in [0.4, 0.5) is 0 Å². The van der Waals surface area contributed by atoms with Gasteiger partial charge in [-0.25, -0.2) is 4.99 Å². The fourth-order valence-corrected chi connectivity index (χ4v) is 2.70. The molecule has 4 heteroatoms. The number of hydrogen-bond donors (Lipinski definition) is 1. The number of thioether (sulfide) groups is 1. The van der Waals surface area contributed by atoms with Gasteiger partial charge in [-0.2, -0.15) is 0 Å². The van der Waals surface area contributed by atoms with E-state index in [1.807, 2.05) is 11.8 Å². The maximum absolute atomic E-state index is 5.46. The Kier molecular flexibility index (Phi) is 3.11. The standard InChI is InChI=1S/C9H16N2OS/c1-7-6-12-9(11-7)13-8-2-4-10-5-3-8/h7-8,10H,2-6H2,1H3. The number of nitrogens with zero attached hydrogens (tertiary/aromatic N) is 1. The molecule has 1 fully saturated rings. The first-order chi connectivity index (χ1) is 6.34. The quantitative estimate of drug-likeness (QED) is 0.691. The molecule has 1 unspecified atom stereocenters. The summed E-state index contributed by atoms with van der Waals surface area (Å²) in [4.78, 5) is 4.42. The summed E-state index contributed by atoms with van der Waals surface area (Å²) in [7, 11) is 0. The van der Waals surface area contributed by atoms with Crippen LogP contribution in [0.3, 0.4) is 0 Å². The van der Waals surface area contributed by atoms with Gasteiger partial charge in [0, 0.05) is 5.25 Å². The Morgan fingerprint density at radius 1 is 1.46 bits per heavy atom. The Labute approximate surface area is 83.3 Å². The van der Waals surface area contributed by atoms with Crippen molar-refractivity contribution in [2.45, 2.75) is 31.1 Å². The molecule has 13 heavy (non-hydrogen) atoms. The van der Waals surface area contributed by atoms with Gasteiger partial charge < -0.3 is 10.1 Å². The average molecular weight is 200 g/mol. The average Bonchev–Trinajstić information content (AvgIpc) is 2.53. The van der Waals surface area contributed by atoms with Crippen LogP contribution >= 0.6 is 11.8 Å². The minimum Gasteiger partial charge on any atom is -0.471 e. The molecule has 0 aromatic heterocycles. The summed E-state index contributed by atoms with van der Waals surface area (Å²) in [5, 5.41) is 4.98. The van der Waals surface area contributed by atoms with Gasteiger partial charge in [0.2, 0.25) is 5.23 Å². The lowest BCUT2D eigenvalue weighted by Gasteiger charge is -2.21. The van der Waals surface area contributed by atoms with E-state index >= 15 is 0 Å². The summed E-state index contributed by atoms with van der Waals surface area (Å²) in [6, 6.07) is 0.365. The van der Waals surface area contributed by atoms with Gasteiger partial charge in [0.05, 0.1) is 6.04 Å². The van der Waals surface area contributed by atoms with E-state index in [1.165, 1.54) is 12.8 Å². The van der Waals surface area contributed by atoms with Crippen molar-refractivity contribution in [3.05, 3.63) is 0 Å². The molecular formula is C9H16N2OS. The summed E-state index contributed by atoms with van der Waals surface area (Å²) < 4.78 is 5.46. The summed E-state index contributed by atoms with van der Waals surface area (Å²) in [5.41, 5.74) is 0. The molecule has 0 aliphatic carbocycles. The number of nitrogens with one attached hydrogen (secondary N) is 1. The number of hydrogen-bond acceptors (Lipinski definition) is 4. The second-order valence-electron chi connectivity index (χ2n) is 3.62. The maximum Gasteiger partial charge on any atom is 0.246 e. The molecule has 2 aliphatic rings. The van der Waals surface area contributed by atoms with E-state index < -0.39 is 0 Å². The highest BCUT2D eigenvalue weighted by Crippen LogP contribution is 2.24. The van der Waals surface area contributed by atoms with Gasteiger partial charge in [0.25, 0.3) is 0 Å². The number of piperidine rings is 1. The summed E-state index contributed by atoms with van der Waals surface area (Å²) in [6.07, 6.45) is 2.48. The first kappa shape index (κ1) is 9.34. The van der Waals surface area contributed by atoms with Crippen molar-refractivity contribution in [3.63, 3.8) is 0 Å². The van der Waals surface area contributed by atoms with Gasteiger partial charge >= 0.3 is 0 Å². The SMILES string of the molecule is CC1COC(SC2CCNCC2)=N1. The van der Waals surface area contributed by atoms with Crippen molar-refractivity contribution in [1.82, 2.24) is 5.32 Å². The molecule has 2 heterocycles. The van der Waals surface area contributed by atoms with E-state index in [1.54, 1.807) is 0 Å². The van der Waals surface area contributed by atoms with Crippen LogP contribution in [-0.4, -0.2) is 36.2 Å². The Bertz CT molecular complexity index is 202. The summed E-state index contributed by atoms with van der Waals surface area (Å²) >= 11 is 1.82. The lowest BCUT2D eigenvalue weighted by atomic mass is 10.2. The highest BCUT2D eigenvalue weighted by Gasteiger charge is 2.21. The van der Waals surface area contributed by atoms with E-state index in [4.69, 9.17) is 4.74 Å². The largest absolute Gasteiger partial charge is 0.471 e. The monoisotopic (exact) mass is 200 g/mol. The molecule has 0 amide bonds. The number of ether oxygens (including phenoxy) is 1. The zero-order valence-electron chi connectivity index (χ0n) is 7.95. The Morgan fingerprint density at radius 3 is 2.85 bits per heavy atom. The van der Waals surface area contributed by atoms with Crippen LogP contribution in [0.1, 0.15) is 19.8 Å². The van der Waals surface area contributed by atoms with Crippen LogP contribution in [0.5, 0.6) is 0 Å². The molecule has 0 aromatic rings. The molecule has 2 aliphatic heterocycles.